The van der Waals surface area contributed by atoms with Gasteiger partial charge in [0.1, 0.15) is 0 Å². The molecular formula is C17H28N2. The molecule has 2 heteroatoms. The molecule has 0 aliphatic heterocycles. The van der Waals surface area contributed by atoms with E-state index < -0.39 is 0 Å². The highest BCUT2D eigenvalue weighted by Gasteiger charge is 2.43. The van der Waals surface area contributed by atoms with Crippen LogP contribution < -0.4 is 5.73 Å². The molecule has 2 N–H and O–H groups in total. The first-order chi connectivity index (χ1) is 8.62. The Hall–Kier alpha value is -0.860. The minimum Gasteiger partial charge on any atom is -0.323 e. The lowest BCUT2D eigenvalue weighted by molar-refractivity contribution is -0.0110. The molecular weight excluding hydrogens is 232 g/mol. The molecule has 0 spiro atoms. The fourth-order valence-corrected chi connectivity index (χ4v) is 3.86. The first-order valence-corrected chi connectivity index (χ1v) is 7.25. The van der Waals surface area contributed by atoms with Crippen molar-refractivity contribution in [1.82, 2.24) is 4.90 Å². The van der Waals surface area contributed by atoms with E-state index in [4.69, 9.17) is 5.73 Å². The lowest BCUT2D eigenvalue weighted by Gasteiger charge is -2.50. The summed E-state index contributed by atoms with van der Waals surface area (Å²) in [5.74, 6) is 0. The molecule has 0 amide bonds. The average molecular weight is 260 g/mol. The number of nitrogens with two attached hydrogens (primary N) is 1. The van der Waals surface area contributed by atoms with E-state index in [0.29, 0.717) is 6.04 Å². The van der Waals surface area contributed by atoms with Gasteiger partial charge in [0, 0.05) is 23.2 Å². The summed E-state index contributed by atoms with van der Waals surface area (Å²) in [5.41, 5.74) is 9.51. The fourth-order valence-electron chi connectivity index (χ4n) is 3.86. The first-order valence-electron chi connectivity index (χ1n) is 7.25. The second-order valence-electron chi connectivity index (χ2n) is 7.71. The highest BCUT2D eigenvalue weighted by Crippen LogP contribution is 2.39. The standard InChI is InChI=1S/C17H28N2/c1-16(2,3)19(17(4,5)6)14-11-12-9-7-8-10-13(12)15(14)18/h7-10,14-15H,11,18H2,1-6H3. The first kappa shape index (κ1) is 14.5. The van der Waals surface area contributed by atoms with Crippen LogP contribution in [0, 0.1) is 0 Å². The molecule has 0 radical (unpaired) electrons. The largest absolute Gasteiger partial charge is 0.323 e. The lowest BCUT2D eigenvalue weighted by atomic mass is 9.90. The van der Waals surface area contributed by atoms with Crippen molar-refractivity contribution in [3.8, 4) is 0 Å². The predicted octanol–water partition coefficient (Wildman–Crippen LogP) is 3.51. The normalized spacial score (nSPS) is 23.8. The second-order valence-corrected chi connectivity index (χ2v) is 7.71. The van der Waals surface area contributed by atoms with E-state index in [2.05, 4.69) is 70.7 Å². The summed E-state index contributed by atoms with van der Waals surface area (Å²) in [6, 6.07) is 9.13. The van der Waals surface area contributed by atoms with Crippen molar-refractivity contribution in [2.45, 2.75) is 71.1 Å². The monoisotopic (exact) mass is 260 g/mol. The summed E-state index contributed by atoms with van der Waals surface area (Å²) in [7, 11) is 0. The van der Waals surface area contributed by atoms with Crippen molar-refractivity contribution in [3.05, 3.63) is 35.4 Å². The zero-order chi connectivity index (χ0) is 14.4. The lowest BCUT2D eigenvalue weighted by Crippen LogP contribution is -2.59. The molecule has 1 aliphatic rings. The number of nitrogens with zero attached hydrogens (tertiary/aromatic N) is 1. The van der Waals surface area contributed by atoms with Crippen molar-refractivity contribution in [2.75, 3.05) is 0 Å². The van der Waals surface area contributed by atoms with Crippen LogP contribution in [-0.2, 0) is 6.42 Å². The number of rotatable bonds is 1. The van der Waals surface area contributed by atoms with Gasteiger partial charge in [0.25, 0.3) is 0 Å². The predicted molar refractivity (Wildman–Crippen MR) is 82.2 cm³/mol. The van der Waals surface area contributed by atoms with Crippen molar-refractivity contribution in [3.63, 3.8) is 0 Å². The molecule has 2 unspecified atom stereocenters. The molecule has 19 heavy (non-hydrogen) atoms. The molecule has 0 bridgehead atoms. The van der Waals surface area contributed by atoms with Gasteiger partial charge in [-0.2, -0.15) is 0 Å². The maximum Gasteiger partial charge on any atom is 0.0459 e. The Morgan fingerprint density at radius 3 is 2.00 bits per heavy atom. The Kier molecular flexibility index (Phi) is 3.53. The van der Waals surface area contributed by atoms with Crippen LogP contribution in [0.1, 0.15) is 58.7 Å². The third-order valence-corrected chi connectivity index (χ3v) is 4.03. The van der Waals surface area contributed by atoms with E-state index in [9.17, 15) is 0 Å². The van der Waals surface area contributed by atoms with Gasteiger partial charge in [0.05, 0.1) is 0 Å². The Morgan fingerprint density at radius 2 is 1.53 bits per heavy atom. The van der Waals surface area contributed by atoms with Crippen LogP contribution in [0.2, 0.25) is 0 Å². The number of benzene rings is 1. The summed E-state index contributed by atoms with van der Waals surface area (Å²) in [5, 5.41) is 0. The molecule has 0 saturated carbocycles. The number of hydrogen-bond acceptors (Lipinski definition) is 2. The Morgan fingerprint density at radius 1 is 1.00 bits per heavy atom. The minimum absolute atomic E-state index is 0.114. The number of fused-ring (bicyclic) bond motifs is 1. The van der Waals surface area contributed by atoms with Crippen LogP contribution >= 0.6 is 0 Å². The molecule has 0 fully saturated rings. The maximum absolute atomic E-state index is 6.54. The molecule has 0 heterocycles. The highest BCUT2D eigenvalue weighted by atomic mass is 15.3. The van der Waals surface area contributed by atoms with Crippen LogP contribution in [0.5, 0.6) is 0 Å². The summed E-state index contributed by atoms with van der Waals surface area (Å²) in [6.07, 6.45) is 1.06. The van der Waals surface area contributed by atoms with Gasteiger partial charge in [0.15, 0.2) is 0 Å². The quantitative estimate of drug-likeness (QED) is 0.837. The van der Waals surface area contributed by atoms with Crippen molar-refractivity contribution < 1.29 is 0 Å². The zero-order valence-electron chi connectivity index (χ0n) is 13.2. The summed E-state index contributed by atoms with van der Waals surface area (Å²) in [6.45, 7) is 13.7. The minimum atomic E-state index is 0.114. The molecule has 1 aromatic carbocycles. The second kappa shape index (κ2) is 4.60. The Bertz CT molecular complexity index is 437. The summed E-state index contributed by atoms with van der Waals surface area (Å²) in [4.78, 5) is 2.59. The summed E-state index contributed by atoms with van der Waals surface area (Å²) >= 11 is 0. The molecule has 1 aliphatic carbocycles. The average Bonchev–Trinajstić information content (AvgIpc) is 2.53. The van der Waals surface area contributed by atoms with E-state index >= 15 is 0 Å². The molecule has 2 nitrogen and oxygen atoms in total. The van der Waals surface area contributed by atoms with E-state index in [1.54, 1.807) is 0 Å². The molecule has 2 rings (SSSR count). The molecule has 106 valence electrons. The van der Waals surface area contributed by atoms with Gasteiger partial charge in [-0.3, -0.25) is 4.90 Å². The number of hydrogen-bond donors (Lipinski definition) is 1. The van der Waals surface area contributed by atoms with Crippen LogP contribution in [0.15, 0.2) is 24.3 Å². The Labute approximate surface area is 118 Å². The van der Waals surface area contributed by atoms with Gasteiger partial charge in [-0.15, -0.1) is 0 Å². The van der Waals surface area contributed by atoms with Gasteiger partial charge in [0.2, 0.25) is 0 Å². The van der Waals surface area contributed by atoms with Crippen molar-refractivity contribution in [1.29, 1.82) is 0 Å². The smallest absolute Gasteiger partial charge is 0.0459 e. The van der Waals surface area contributed by atoms with E-state index in [0.717, 1.165) is 6.42 Å². The van der Waals surface area contributed by atoms with Gasteiger partial charge in [-0.1, -0.05) is 24.3 Å². The van der Waals surface area contributed by atoms with Gasteiger partial charge in [-0.05, 0) is 59.1 Å². The van der Waals surface area contributed by atoms with Crippen LogP contribution in [0.4, 0.5) is 0 Å². The van der Waals surface area contributed by atoms with Crippen LogP contribution in [0.25, 0.3) is 0 Å². The third-order valence-electron chi connectivity index (χ3n) is 4.03. The molecule has 2 atom stereocenters. The van der Waals surface area contributed by atoms with Crippen molar-refractivity contribution in [2.24, 2.45) is 5.73 Å². The summed E-state index contributed by atoms with van der Waals surface area (Å²) < 4.78 is 0. The SMILES string of the molecule is CC(C)(C)N(C1Cc2ccccc2C1N)C(C)(C)C. The van der Waals surface area contributed by atoms with Crippen LogP contribution in [-0.4, -0.2) is 22.0 Å². The zero-order valence-corrected chi connectivity index (χ0v) is 13.2. The Balaban J connectivity index is 2.37. The van der Waals surface area contributed by atoms with Crippen molar-refractivity contribution >= 4 is 0 Å². The van der Waals surface area contributed by atoms with Gasteiger partial charge in [-0.25, -0.2) is 0 Å². The van der Waals surface area contributed by atoms with Gasteiger partial charge >= 0.3 is 0 Å². The fraction of sp³-hybridized carbons (Fsp3) is 0.647. The maximum atomic E-state index is 6.54. The van der Waals surface area contributed by atoms with E-state index in [1.165, 1.54) is 11.1 Å². The molecule has 1 aromatic rings. The van der Waals surface area contributed by atoms with E-state index in [1.807, 2.05) is 0 Å². The van der Waals surface area contributed by atoms with Gasteiger partial charge < -0.3 is 5.73 Å². The highest BCUT2D eigenvalue weighted by molar-refractivity contribution is 5.37. The van der Waals surface area contributed by atoms with E-state index in [-0.39, 0.29) is 17.1 Å². The molecule has 0 aromatic heterocycles. The topological polar surface area (TPSA) is 29.3 Å². The van der Waals surface area contributed by atoms with Crippen LogP contribution in [0.3, 0.4) is 0 Å². The third kappa shape index (κ3) is 2.70. The molecule has 0 saturated heterocycles.